The van der Waals surface area contributed by atoms with Crippen LogP contribution >= 0.6 is 0 Å². The molecule has 1 saturated carbocycles. The van der Waals surface area contributed by atoms with Gasteiger partial charge in [0, 0.05) is 0 Å². The van der Waals surface area contributed by atoms with Gasteiger partial charge in [0.25, 0.3) is 0 Å². The molecule has 1 aliphatic rings. The summed E-state index contributed by atoms with van der Waals surface area (Å²) in [5.41, 5.74) is 2.33. The summed E-state index contributed by atoms with van der Waals surface area (Å²) in [6, 6.07) is 6.18. The van der Waals surface area contributed by atoms with Crippen molar-refractivity contribution in [2.75, 3.05) is 6.61 Å². The highest BCUT2D eigenvalue weighted by molar-refractivity contribution is 5.35. The normalized spacial score (nSPS) is 17.9. The van der Waals surface area contributed by atoms with Crippen LogP contribution in [0.5, 0.6) is 5.75 Å². The lowest BCUT2D eigenvalue weighted by molar-refractivity contribution is 0.0852. The zero-order valence-corrected chi connectivity index (χ0v) is 11.5. The molecule has 0 saturated heterocycles. The summed E-state index contributed by atoms with van der Waals surface area (Å²) in [6.45, 7) is 4.51. The van der Waals surface area contributed by atoms with Gasteiger partial charge in [-0.3, -0.25) is 0 Å². The highest BCUT2D eigenvalue weighted by Gasteiger charge is 2.19. The van der Waals surface area contributed by atoms with Crippen LogP contribution in [-0.4, -0.2) is 17.8 Å². The van der Waals surface area contributed by atoms with Crippen LogP contribution in [0.15, 0.2) is 18.2 Å². The van der Waals surface area contributed by atoms with Gasteiger partial charge in [-0.2, -0.15) is 0 Å². The second-order valence-corrected chi connectivity index (χ2v) is 5.62. The Hall–Kier alpha value is -1.02. The highest BCUT2D eigenvalue weighted by Crippen LogP contribution is 2.29. The molecule has 18 heavy (non-hydrogen) atoms. The van der Waals surface area contributed by atoms with Gasteiger partial charge >= 0.3 is 0 Å². The minimum Gasteiger partial charge on any atom is -0.491 e. The van der Waals surface area contributed by atoms with Gasteiger partial charge in [0.2, 0.25) is 0 Å². The van der Waals surface area contributed by atoms with E-state index >= 15 is 0 Å². The molecule has 1 N–H and O–H groups in total. The van der Waals surface area contributed by atoms with Crippen LogP contribution in [0.1, 0.15) is 43.2 Å². The van der Waals surface area contributed by atoms with E-state index in [0.717, 1.165) is 17.7 Å². The van der Waals surface area contributed by atoms with Crippen LogP contribution in [0.3, 0.4) is 0 Å². The fourth-order valence-electron chi connectivity index (χ4n) is 2.75. The number of aryl methyl sites for hydroxylation is 2. The number of ether oxygens (including phenoxy) is 1. The maximum atomic E-state index is 10.0. The third kappa shape index (κ3) is 3.74. The van der Waals surface area contributed by atoms with E-state index in [9.17, 15) is 5.11 Å². The SMILES string of the molecule is Cc1ccc(C)c(OCC(O)CC2CCCC2)c1. The first-order valence-corrected chi connectivity index (χ1v) is 7.03. The topological polar surface area (TPSA) is 29.5 Å². The monoisotopic (exact) mass is 248 g/mol. The van der Waals surface area contributed by atoms with Crippen molar-refractivity contribution in [2.45, 2.75) is 52.1 Å². The summed E-state index contributed by atoms with van der Waals surface area (Å²) in [5, 5.41) is 10.0. The number of hydrogen-bond donors (Lipinski definition) is 1. The predicted octanol–water partition coefficient (Wildman–Crippen LogP) is 3.62. The Labute approximate surface area is 110 Å². The van der Waals surface area contributed by atoms with E-state index in [-0.39, 0.29) is 6.10 Å². The summed E-state index contributed by atoms with van der Waals surface area (Å²) in [6.07, 6.45) is 5.78. The largest absolute Gasteiger partial charge is 0.491 e. The van der Waals surface area contributed by atoms with Crippen molar-refractivity contribution in [2.24, 2.45) is 5.92 Å². The number of aliphatic hydroxyl groups is 1. The van der Waals surface area contributed by atoms with Crippen molar-refractivity contribution in [3.05, 3.63) is 29.3 Å². The van der Waals surface area contributed by atoms with E-state index in [4.69, 9.17) is 4.74 Å². The lowest BCUT2D eigenvalue weighted by Crippen LogP contribution is -2.20. The molecule has 0 amide bonds. The van der Waals surface area contributed by atoms with Crippen molar-refractivity contribution in [3.8, 4) is 5.75 Å². The molecule has 2 heteroatoms. The van der Waals surface area contributed by atoms with E-state index in [1.54, 1.807) is 0 Å². The molecule has 0 radical (unpaired) electrons. The molecule has 0 spiro atoms. The first kappa shape index (κ1) is 13.4. The first-order chi connectivity index (χ1) is 8.65. The second-order valence-electron chi connectivity index (χ2n) is 5.62. The lowest BCUT2D eigenvalue weighted by atomic mass is 10.0. The average Bonchev–Trinajstić information content (AvgIpc) is 2.83. The fraction of sp³-hybridized carbons (Fsp3) is 0.625. The summed E-state index contributed by atoms with van der Waals surface area (Å²) in [4.78, 5) is 0. The molecule has 1 unspecified atom stereocenters. The van der Waals surface area contributed by atoms with Gasteiger partial charge in [0.15, 0.2) is 0 Å². The molecule has 1 aromatic carbocycles. The third-order valence-corrected chi connectivity index (χ3v) is 3.86. The molecule has 1 atom stereocenters. The highest BCUT2D eigenvalue weighted by atomic mass is 16.5. The zero-order valence-electron chi connectivity index (χ0n) is 11.5. The number of rotatable bonds is 5. The standard InChI is InChI=1S/C16H24O2/c1-12-7-8-13(2)16(9-12)18-11-15(17)10-14-5-3-4-6-14/h7-9,14-15,17H,3-6,10-11H2,1-2H3. The van der Waals surface area contributed by atoms with Crippen molar-refractivity contribution in [1.29, 1.82) is 0 Å². The smallest absolute Gasteiger partial charge is 0.122 e. The third-order valence-electron chi connectivity index (χ3n) is 3.86. The van der Waals surface area contributed by atoms with Crippen molar-refractivity contribution < 1.29 is 9.84 Å². The van der Waals surface area contributed by atoms with Crippen LogP contribution in [0.25, 0.3) is 0 Å². The molecular formula is C16H24O2. The Morgan fingerprint density at radius 2 is 2.00 bits per heavy atom. The minimum absolute atomic E-state index is 0.326. The molecule has 1 fully saturated rings. The molecule has 0 heterocycles. The Balaban J connectivity index is 1.81. The molecule has 0 aromatic heterocycles. The Morgan fingerprint density at radius 1 is 1.28 bits per heavy atom. The number of hydrogen-bond acceptors (Lipinski definition) is 2. The number of benzene rings is 1. The Kier molecular flexibility index (Phi) is 4.65. The minimum atomic E-state index is -0.326. The van der Waals surface area contributed by atoms with Crippen molar-refractivity contribution in [1.82, 2.24) is 0 Å². The molecule has 100 valence electrons. The Morgan fingerprint density at radius 3 is 2.72 bits per heavy atom. The van der Waals surface area contributed by atoms with Gasteiger partial charge in [-0.15, -0.1) is 0 Å². The average molecular weight is 248 g/mol. The summed E-state index contributed by atoms with van der Waals surface area (Å²) in [5.74, 6) is 1.61. The summed E-state index contributed by atoms with van der Waals surface area (Å²) in [7, 11) is 0. The van der Waals surface area contributed by atoms with Crippen molar-refractivity contribution >= 4 is 0 Å². The summed E-state index contributed by atoms with van der Waals surface area (Å²) >= 11 is 0. The van der Waals surface area contributed by atoms with E-state index in [1.165, 1.54) is 31.2 Å². The van der Waals surface area contributed by atoms with Gasteiger partial charge in [0.1, 0.15) is 12.4 Å². The summed E-state index contributed by atoms with van der Waals surface area (Å²) < 4.78 is 5.74. The van der Waals surface area contributed by atoms with Gasteiger partial charge in [0.05, 0.1) is 6.10 Å². The second kappa shape index (κ2) is 6.24. The van der Waals surface area contributed by atoms with E-state index < -0.39 is 0 Å². The van der Waals surface area contributed by atoms with Gasteiger partial charge in [-0.25, -0.2) is 0 Å². The van der Waals surface area contributed by atoms with Crippen molar-refractivity contribution in [3.63, 3.8) is 0 Å². The molecule has 1 aliphatic carbocycles. The lowest BCUT2D eigenvalue weighted by Gasteiger charge is -2.17. The predicted molar refractivity (Wildman–Crippen MR) is 74.0 cm³/mol. The maximum Gasteiger partial charge on any atom is 0.122 e. The van der Waals surface area contributed by atoms with Crippen LogP contribution in [0, 0.1) is 19.8 Å². The van der Waals surface area contributed by atoms with Gasteiger partial charge in [-0.1, -0.05) is 37.8 Å². The van der Waals surface area contributed by atoms with Gasteiger partial charge in [-0.05, 0) is 43.4 Å². The fourth-order valence-corrected chi connectivity index (χ4v) is 2.75. The van der Waals surface area contributed by atoms with Gasteiger partial charge < -0.3 is 9.84 Å². The molecular weight excluding hydrogens is 224 g/mol. The Bertz CT molecular complexity index is 381. The van der Waals surface area contributed by atoms with Crippen LogP contribution < -0.4 is 4.74 Å². The van der Waals surface area contributed by atoms with Crippen LogP contribution in [0.2, 0.25) is 0 Å². The van der Waals surface area contributed by atoms with E-state index in [1.807, 2.05) is 13.0 Å². The van der Waals surface area contributed by atoms with Crippen LogP contribution in [-0.2, 0) is 0 Å². The zero-order chi connectivity index (χ0) is 13.0. The molecule has 2 nitrogen and oxygen atoms in total. The quantitative estimate of drug-likeness (QED) is 0.862. The first-order valence-electron chi connectivity index (χ1n) is 7.03. The van der Waals surface area contributed by atoms with E-state index in [2.05, 4.69) is 19.1 Å². The maximum absolute atomic E-state index is 10.0. The molecule has 0 aliphatic heterocycles. The molecule has 2 rings (SSSR count). The molecule has 1 aromatic rings. The molecule has 0 bridgehead atoms. The van der Waals surface area contributed by atoms with Crippen LogP contribution in [0.4, 0.5) is 0 Å². The van der Waals surface area contributed by atoms with E-state index in [0.29, 0.717) is 12.5 Å². The number of aliphatic hydroxyl groups excluding tert-OH is 1.